The van der Waals surface area contributed by atoms with E-state index in [1.54, 1.807) is 11.0 Å². The molecule has 2 bridgehead atoms. The van der Waals surface area contributed by atoms with Gasteiger partial charge in [-0.2, -0.15) is 10.4 Å². The Labute approximate surface area is 167 Å². The predicted molar refractivity (Wildman–Crippen MR) is 101 cm³/mol. The molecule has 2 heterocycles. The first-order valence-electron chi connectivity index (χ1n) is 9.82. The minimum absolute atomic E-state index is 0.00521. The van der Waals surface area contributed by atoms with Crippen LogP contribution in [0.2, 0.25) is 0 Å². The maximum atomic E-state index is 14.3. The summed E-state index contributed by atoms with van der Waals surface area (Å²) in [6, 6.07) is 7.62. The molecular formula is C22H20F2N4O. The van der Waals surface area contributed by atoms with Crippen molar-refractivity contribution < 1.29 is 13.6 Å². The van der Waals surface area contributed by atoms with E-state index in [1.165, 1.54) is 18.2 Å². The molecule has 1 aliphatic heterocycles. The van der Waals surface area contributed by atoms with Crippen LogP contribution < -0.4 is 0 Å². The van der Waals surface area contributed by atoms with E-state index >= 15 is 0 Å². The van der Waals surface area contributed by atoms with Crippen LogP contribution in [0.5, 0.6) is 0 Å². The van der Waals surface area contributed by atoms with Crippen LogP contribution in [0, 0.1) is 34.3 Å². The lowest BCUT2D eigenvalue weighted by molar-refractivity contribution is -0.146. The average molecular weight is 394 g/mol. The number of aromatic nitrogens is 2. The molecular weight excluding hydrogens is 374 g/mol. The first-order valence-corrected chi connectivity index (χ1v) is 9.82. The number of likely N-dealkylation sites (tertiary alicyclic amines) is 1. The van der Waals surface area contributed by atoms with Gasteiger partial charge < -0.3 is 4.90 Å². The average Bonchev–Trinajstić information content (AvgIpc) is 3.02. The lowest BCUT2D eigenvalue weighted by Crippen LogP contribution is -2.58. The number of amides is 1. The highest BCUT2D eigenvalue weighted by molar-refractivity contribution is 5.92. The number of rotatable bonds is 2. The maximum Gasteiger partial charge on any atom is 0.235 e. The highest BCUT2D eigenvalue weighted by Gasteiger charge is 2.68. The highest BCUT2D eigenvalue weighted by atomic mass is 19.1. The lowest BCUT2D eigenvalue weighted by Gasteiger charge is -2.45. The molecule has 148 valence electrons. The van der Waals surface area contributed by atoms with Crippen LogP contribution in [0.1, 0.15) is 43.9 Å². The van der Waals surface area contributed by atoms with Crippen molar-refractivity contribution in [2.24, 2.45) is 11.3 Å². The maximum absolute atomic E-state index is 14.3. The topological polar surface area (TPSA) is 69.9 Å². The van der Waals surface area contributed by atoms with E-state index in [0.717, 1.165) is 12.0 Å². The number of nitriles is 1. The van der Waals surface area contributed by atoms with Gasteiger partial charge in [0.1, 0.15) is 11.6 Å². The third-order valence-electron chi connectivity index (χ3n) is 7.32. The molecule has 2 aliphatic carbocycles. The van der Waals surface area contributed by atoms with Crippen molar-refractivity contribution in [2.45, 2.75) is 38.0 Å². The van der Waals surface area contributed by atoms with Gasteiger partial charge in [-0.05, 0) is 47.9 Å². The van der Waals surface area contributed by atoms with E-state index in [4.69, 9.17) is 5.26 Å². The SMILES string of the molecule is CC1(C)[C@@H]2CC[C@@]1(C(=O)N1CC(C#N)C1)c1nnc(-c3c(F)cccc3F)cc12. The Balaban J connectivity index is 1.61. The van der Waals surface area contributed by atoms with Crippen molar-refractivity contribution >= 4 is 5.91 Å². The fraction of sp³-hybridized carbons (Fsp3) is 0.455. The zero-order valence-corrected chi connectivity index (χ0v) is 16.2. The quantitative estimate of drug-likeness (QED) is 0.781. The van der Waals surface area contributed by atoms with Crippen molar-refractivity contribution in [3.63, 3.8) is 0 Å². The number of hydrogen-bond donors (Lipinski definition) is 0. The molecule has 3 aliphatic rings. The normalized spacial score (nSPS) is 26.7. The van der Waals surface area contributed by atoms with Gasteiger partial charge in [-0.1, -0.05) is 19.9 Å². The Morgan fingerprint density at radius 1 is 1.24 bits per heavy atom. The third-order valence-corrected chi connectivity index (χ3v) is 7.32. The smallest absolute Gasteiger partial charge is 0.235 e. The zero-order chi connectivity index (χ0) is 20.6. The molecule has 5 rings (SSSR count). The van der Waals surface area contributed by atoms with Gasteiger partial charge in [-0.3, -0.25) is 4.79 Å². The fourth-order valence-corrected chi connectivity index (χ4v) is 5.66. The highest BCUT2D eigenvalue weighted by Crippen LogP contribution is 2.68. The monoisotopic (exact) mass is 394 g/mol. The Morgan fingerprint density at radius 2 is 1.93 bits per heavy atom. The van der Waals surface area contributed by atoms with Crippen molar-refractivity contribution in [1.29, 1.82) is 5.26 Å². The molecule has 0 radical (unpaired) electrons. The first kappa shape index (κ1) is 18.2. The summed E-state index contributed by atoms with van der Waals surface area (Å²) in [6.45, 7) is 5.02. The van der Waals surface area contributed by atoms with Gasteiger partial charge in [0.05, 0.1) is 34.4 Å². The number of halogens is 2. The molecule has 1 saturated carbocycles. The molecule has 2 atom stereocenters. The van der Waals surface area contributed by atoms with Crippen LogP contribution in [-0.4, -0.2) is 34.1 Å². The van der Waals surface area contributed by atoms with Crippen LogP contribution in [0.3, 0.4) is 0 Å². The van der Waals surface area contributed by atoms with Crippen LogP contribution in [0.4, 0.5) is 8.78 Å². The van der Waals surface area contributed by atoms with Gasteiger partial charge in [-0.25, -0.2) is 8.78 Å². The molecule has 5 nitrogen and oxygen atoms in total. The molecule has 0 spiro atoms. The van der Waals surface area contributed by atoms with E-state index < -0.39 is 17.0 Å². The predicted octanol–water partition coefficient (Wildman–Crippen LogP) is 3.56. The third kappa shape index (κ3) is 2.14. The van der Waals surface area contributed by atoms with Crippen LogP contribution in [-0.2, 0) is 10.2 Å². The van der Waals surface area contributed by atoms with Gasteiger partial charge in [0, 0.05) is 13.1 Å². The van der Waals surface area contributed by atoms with Crippen molar-refractivity contribution in [1.82, 2.24) is 15.1 Å². The van der Waals surface area contributed by atoms with E-state index in [0.29, 0.717) is 25.2 Å². The van der Waals surface area contributed by atoms with Gasteiger partial charge in [0.2, 0.25) is 5.91 Å². The second-order valence-corrected chi connectivity index (χ2v) is 8.88. The van der Waals surface area contributed by atoms with Crippen LogP contribution >= 0.6 is 0 Å². The van der Waals surface area contributed by atoms with Crippen molar-refractivity contribution in [3.8, 4) is 17.3 Å². The second-order valence-electron chi connectivity index (χ2n) is 8.88. The number of hydrogen-bond acceptors (Lipinski definition) is 4. The summed E-state index contributed by atoms with van der Waals surface area (Å²) in [5, 5.41) is 17.6. The summed E-state index contributed by atoms with van der Waals surface area (Å²) in [5.74, 6) is -1.42. The van der Waals surface area contributed by atoms with Gasteiger partial charge in [0.15, 0.2) is 0 Å². The molecule has 29 heavy (non-hydrogen) atoms. The summed E-state index contributed by atoms with van der Waals surface area (Å²) in [6.07, 6.45) is 1.48. The number of benzene rings is 1. The van der Waals surface area contributed by atoms with Crippen LogP contribution in [0.15, 0.2) is 24.3 Å². The molecule has 0 N–H and O–H groups in total. The van der Waals surface area contributed by atoms with E-state index in [9.17, 15) is 13.6 Å². The Bertz CT molecular complexity index is 1070. The summed E-state index contributed by atoms with van der Waals surface area (Å²) in [4.78, 5) is 15.3. The first-order chi connectivity index (χ1) is 13.8. The Morgan fingerprint density at radius 3 is 2.59 bits per heavy atom. The molecule has 7 heteroatoms. The standard InChI is InChI=1S/C22H20F2N4O/c1-21(2)14-6-7-22(21,20(29)28-10-12(9-25)11-28)19-13(14)8-17(26-27-19)18-15(23)4-3-5-16(18)24/h3-5,8,12,14H,6-7,10-11H2,1-2H3/t14-,22+/m1/s1. The number of carbonyl (C=O) groups excluding carboxylic acids is 1. The zero-order valence-electron chi connectivity index (χ0n) is 16.2. The van der Waals surface area contributed by atoms with E-state index in [2.05, 4.69) is 30.1 Å². The van der Waals surface area contributed by atoms with Gasteiger partial charge in [0.25, 0.3) is 0 Å². The van der Waals surface area contributed by atoms with Gasteiger partial charge >= 0.3 is 0 Å². The summed E-state index contributed by atoms with van der Waals surface area (Å²) >= 11 is 0. The molecule has 1 amide bonds. The van der Waals surface area contributed by atoms with Crippen LogP contribution in [0.25, 0.3) is 11.3 Å². The number of nitrogens with zero attached hydrogens (tertiary/aromatic N) is 4. The van der Waals surface area contributed by atoms with Gasteiger partial charge in [-0.15, -0.1) is 5.10 Å². The van der Waals surface area contributed by atoms with Crippen molar-refractivity contribution in [2.75, 3.05) is 13.1 Å². The Kier molecular flexibility index (Phi) is 3.64. The lowest BCUT2D eigenvalue weighted by atomic mass is 9.67. The molecule has 2 aromatic rings. The molecule has 2 fully saturated rings. The minimum atomic E-state index is -0.799. The fourth-order valence-electron chi connectivity index (χ4n) is 5.66. The molecule has 0 unspecified atom stereocenters. The van der Waals surface area contributed by atoms with E-state index in [-0.39, 0.29) is 34.4 Å². The molecule has 1 aromatic carbocycles. The number of carbonyl (C=O) groups is 1. The summed E-state index contributed by atoms with van der Waals surface area (Å²) in [7, 11) is 0. The summed E-state index contributed by atoms with van der Waals surface area (Å²) < 4.78 is 28.5. The van der Waals surface area contributed by atoms with E-state index in [1.807, 2.05) is 0 Å². The van der Waals surface area contributed by atoms with Crippen molar-refractivity contribution in [3.05, 3.63) is 47.2 Å². The second kappa shape index (κ2) is 5.82. The Hall–Kier alpha value is -2.88. The molecule has 1 saturated heterocycles. The summed E-state index contributed by atoms with van der Waals surface area (Å²) in [5.41, 5.74) is 0.268. The largest absolute Gasteiger partial charge is 0.339 e. The minimum Gasteiger partial charge on any atom is -0.339 e. The molecule has 1 aromatic heterocycles. The number of fused-ring (bicyclic) bond motifs is 5.